The Morgan fingerprint density at radius 3 is 2.83 bits per heavy atom. The van der Waals surface area contributed by atoms with E-state index >= 15 is 0 Å². The lowest BCUT2D eigenvalue weighted by Gasteiger charge is -2.31. The van der Waals surface area contributed by atoms with E-state index in [9.17, 15) is 4.79 Å². The van der Waals surface area contributed by atoms with Crippen molar-refractivity contribution in [1.82, 2.24) is 20.1 Å². The molecule has 0 unspecified atom stereocenters. The number of carbonyl (C=O) groups excluding carboxylic acids is 1. The fourth-order valence-electron chi connectivity index (χ4n) is 3.67. The molecule has 2 aromatic rings. The van der Waals surface area contributed by atoms with Crippen molar-refractivity contribution in [2.24, 2.45) is 0 Å². The van der Waals surface area contributed by atoms with Gasteiger partial charge in [0.25, 0.3) is 5.91 Å². The minimum Gasteiger partial charge on any atom is -0.367 e. The van der Waals surface area contributed by atoms with Crippen molar-refractivity contribution in [2.75, 3.05) is 18.8 Å². The number of nitrogens with one attached hydrogen (secondary N) is 1. The molecule has 122 valence electrons. The number of aryl methyl sites for hydroxylation is 1. The number of nitrogens with two attached hydrogens (primary N) is 1. The molecule has 1 aliphatic carbocycles. The third-order valence-corrected chi connectivity index (χ3v) is 6.05. The van der Waals surface area contributed by atoms with Crippen molar-refractivity contribution >= 4 is 23.2 Å². The predicted octanol–water partition coefficient (Wildman–Crippen LogP) is 2.35. The van der Waals surface area contributed by atoms with E-state index in [4.69, 9.17) is 5.73 Å². The number of aromatic nitrogens is 3. The van der Waals surface area contributed by atoms with Crippen LogP contribution in [0.5, 0.6) is 0 Å². The van der Waals surface area contributed by atoms with Gasteiger partial charge in [-0.1, -0.05) is 0 Å². The maximum absolute atomic E-state index is 12.9. The van der Waals surface area contributed by atoms with Crippen LogP contribution in [0.3, 0.4) is 0 Å². The molecule has 4 rings (SSSR count). The SMILES string of the molecule is Nc1n[nH]c(C2CCN(C(=O)c3scc4c3CCCC4)CC2)n1. The van der Waals surface area contributed by atoms with Gasteiger partial charge in [-0.05, 0) is 55.0 Å². The fraction of sp³-hybridized carbons (Fsp3) is 0.562. The quantitative estimate of drug-likeness (QED) is 0.884. The first kappa shape index (κ1) is 14.7. The number of hydrogen-bond donors (Lipinski definition) is 2. The molecular formula is C16H21N5OS. The Bertz CT molecular complexity index is 714. The van der Waals surface area contributed by atoms with Crippen LogP contribution in [0.4, 0.5) is 5.95 Å². The molecule has 0 spiro atoms. The molecule has 23 heavy (non-hydrogen) atoms. The summed E-state index contributed by atoms with van der Waals surface area (Å²) in [5, 5.41) is 8.98. The summed E-state index contributed by atoms with van der Waals surface area (Å²) in [4.78, 5) is 20.1. The number of anilines is 1. The van der Waals surface area contributed by atoms with E-state index in [-0.39, 0.29) is 5.91 Å². The Balaban J connectivity index is 1.44. The molecule has 0 saturated carbocycles. The van der Waals surface area contributed by atoms with E-state index in [2.05, 4.69) is 20.6 Å². The van der Waals surface area contributed by atoms with Crippen LogP contribution in [0.1, 0.15) is 58.2 Å². The fourth-order valence-corrected chi connectivity index (χ4v) is 4.79. The van der Waals surface area contributed by atoms with Crippen LogP contribution in [0.25, 0.3) is 0 Å². The number of carbonyl (C=O) groups is 1. The monoisotopic (exact) mass is 331 g/mol. The maximum atomic E-state index is 12.9. The molecule has 3 N–H and O–H groups in total. The lowest BCUT2D eigenvalue weighted by molar-refractivity contribution is 0.0715. The zero-order valence-corrected chi connectivity index (χ0v) is 13.9. The summed E-state index contributed by atoms with van der Waals surface area (Å²) in [5.41, 5.74) is 8.29. The van der Waals surface area contributed by atoms with Crippen molar-refractivity contribution < 1.29 is 4.79 Å². The molecule has 1 amide bonds. The number of nitrogen functional groups attached to an aromatic ring is 1. The van der Waals surface area contributed by atoms with Crippen LogP contribution in [0.2, 0.25) is 0 Å². The summed E-state index contributed by atoms with van der Waals surface area (Å²) in [6.45, 7) is 1.55. The highest BCUT2D eigenvalue weighted by Gasteiger charge is 2.29. The van der Waals surface area contributed by atoms with Gasteiger partial charge in [0, 0.05) is 19.0 Å². The van der Waals surface area contributed by atoms with Gasteiger partial charge in [0.05, 0.1) is 4.88 Å². The smallest absolute Gasteiger partial charge is 0.264 e. The van der Waals surface area contributed by atoms with Gasteiger partial charge in [-0.15, -0.1) is 16.4 Å². The summed E-state index contributed by atoms with van der Waals surface area (Å²) in [6.07, 6.45) is 6.48. The summed E-state index contributed by atoms with van der Waals surface area (Å²) in [6, 6.07) is 0. The number of thiophene rings is 1. The number of likely N-dealkylation sites (tertiary alicyclic amines) is 1. The first-order valence-electron chi connectivity index (χ1n) is 8.28. The molecule has 2 aliphatic rings. The van der Waals surface area contributed by atoms with Crippen molar-refractivity contribution in [2.45, 2.75) is 44.4 Å². The zero-order chi connectivity index (χ0) is 15.8. The molecule has 1 fully saturated rings. The second-order valence-corrected chi connectivity index (χ2v) is 7.30. The molecule has 0 radical (unpaired) electrons. The Kier molecular flexibility index (Phi) is 3.80. The predicted molar refractivity (Wildman–Crippen MR) is 89.6 cm³/mol. The molecule has 2 aromatic heterocycles. The average Bonchev–Trinajstić information content (AvgIpc) is 3.21. The van der Waals surface area contributed by atoms with Gasteiger partial charge in [0.15, 0.2) is 0 Å². The number of rotatable bonds is 2. The lowest BCUT2D eigenvalue weighted by Crippen LogP contribution is -2.38. The molecule has 1 aliphatic heterocycles. The van der Waals surface area contributed by atoms with Gasteiger partial charge >= 0.3 is 0 Å². The molecule has 0 atom stereocenters. The number of hydrogen-bond acceptors (Lipinski definition) is 5. The van der Waals surface area contributed by atoms with Crippen LogP contribution < -0.4 is 5.73 Å². The minimum absolute atomic E-state index is 0.216. The van der Waals surface area contributed by atoms with Crippen molar-refractivity contribution in [1.29, 1.82) is 0 Å². The van der Waals surface area contributed by atoms with Crippen LogP contribution in [0.15, 0.2) is 5.38 Å². The summed E-state index contributed by atoms with van der Waals surface area (Å²) in [7, 11) is 0. The highest BCUT2D eigenvalue weighted by molar-refractivity contribution is 7.12. The number of nitrogens with zero attached hydrogens (tertiary/aromatic N) is 3. The Morgan fingerprint density at radius 2 is 2.09 bits per heavy atom. The average molecular weight is 331 g/mol. The number of piperidine rings is 1. The van der Waals surface area contributed by atoms with Crippen LogP contribution in [-0.2, 0) is 12.8 Å². The lowest BCUT2D eigenvalue weighted by atomic mass is 9.93. The summed E-state index contributed by atoms with van der Waals surface area (Å²) < 4.78 is 0. The Hall–Kier alpha value is -1.89. The van der Waals surface area contributed by atoms with E-state index in [0.717, 1.165) is 49.5 Å². The van der Waals surface area contributed by atoms with Crippen LogP contribution in [-0.4, -0.2) is 39.1 Å². The van der Waals surface area contributed by atoms with Crippen LogP contribution in [0, 0.1) is 0 Å². The Labute approximate surface area is 139 Å². The van der Waals surface area contributed by atoms with E-state index in [0.29, 0.717) is 11.9 Å². The maximum Gasteiger partial charge on any atom is 0.264 e. The van der Waals surface area contributed by atoms with E-state index in [1.165, 1.54) is 24.0 Å². The third kappa shape index (κ3) is 2.73. The van der Waals surface area contributed by atoms with Crippen molar-refractivity contribution in [3.63, 3.8) is 0 Å². The molecule has 1 saturated heterocycles. The number of H-pyrrole nitrogens is 1. The Morgan fingerprint density at radius 1 is 1.30 bits per heavy atom. The molecule has 7 heteroatoms. The molecule has 0 aromatic carbocycles. The number of aromatic amines is 1. The van der Waals surface area contributed by atoms with Gasteiger partial charge in [0.2, 0.25) is 5.95 Å². The second-order valence-electron chi connectivity index (χ2n) is 6.42. The summed E-state index contributed by atoms with van der Waals surface area (Å²) in [5.74, 6) is 1.68. The van der Waals surface area contributed by atoms with Gasteiger partial charge in [-0.3, -0.25) is 9.89 Å². The first-order valence-corrected chi connectivity index (χ1v) is 9.16. The second kappa shape index (κ2) is 5.96. The highest BCUT2D eigenvalue weighted by atomic mass is 32.1. The minimum atomic E-state index is 0.216. The zero-order valence-electron chi connectivity index (χ0n) is 13.0. The van der Waals surface area contributed by atoms with Gasteiger partial charge < -0.3 is 10.6 Å². The molecular weight excluding hydrogens is 310 g/mol. The van der Waals surface area contributed by atoms with Crippen LogP contribution >= 0.6 is 11.3 Å². The highest BCUT2D eigenvalue weighted by Crippen LogP contribution is 2.32. The molecule has 3 heterocycles. The topological polar surface area (TPSA) is 87.9 Å². The van der Waals surface area contributed by atoms with Gasteiger partial charge in [-0.2, -0.15) is 4.98 Å². The van der Waals surface area contributed by atoms with E-state index in [1.54, 1.807) is 11.3 Å². The van der Waals surface area contributed by atoms with Gasteiger partial charge in [-0.25, -0.2) is 0 Å². The van der Waals surface area contributed by atoms with Crippen molar-refractivity contribution in [3.8, 4) is 0 Å². The normalized spacial score (nSPS) is 18.9. The third-order valence-electron chi connectivity index (χ3n) is 4.99. The number of fused-ring (bicyclic) bond motifs is 1. The molecule has 6 nitrogen and oxygen atoms in total. The first-order chi connectivity index (χ1) is 11.2. The number of amides is 1. The van der Waals surface area contributed by atoms with Crippen molar-refractivity contribution in [3.05, 3.63) is 27.2 Å². The van der Waals surface area contributed by atoms with E-state index in [1.807, 2.05) is 4.90 Å². The molecule has 0 bridgehead atoms. The van der Waals surface area contributed by atoms with E-state index < -0.39 is 0 Å². The standard InChI is InChI=1S/C16H21N5OS/c17-16-18-14(19-20-16)10-5-7-21(8-6-10)15(22)13-12-4-2-1-3-11(12)9-23-13/h9-10H,1-8H2,(H3,17,18,19,20). The summed E-state index contributed by atoms with van der Waals surface area (Å²) >= 11 is 1.63. The van der Waals surface area contributed by atoms with Gasteiger partial charge in [0.1, 0.15) is 5.82 Å². The largest absolute Gasteiger partial charge is 0.367 e.